The van der Waals surface area contributed by atoms with E-state index in [0.29, 0.717) is 0 Å². The Hall–Kier alpha value is -2.10. The first-order valence-electron chi connectivity index (χ1n) is 4.25. The smallest absolute Gasteiger partial charge is 0.181 e. The zero-order chi connectivity index (χ0) is 9.38. The van der Waals surface area contributed by atoms with Crippen LogP contribution in [0.3, 0.4) is 0 Å². The molecule has 4 nitrogen and oxygen atoms in total. The van der Waals surface area contributed by atoms with Gasteiger partial charge in [0, 0.05) is 5.56 Å². The number of hydrogen-bond acceptors (Lipinski definition) is 3. The number of aromatic amines is 1. The number of hydrogen-bond donors (Lipinski definition) is 1. The second kappa shape index (κ2) is 2.70. The number of H-pyrrole nitrogens is 1. The normalized spacial score (nSPS) is 10.9. The van der Waals surface area contributed by atoms with E-state index in [2.05, 4.69) is 15.0 Å². The van der Waals surface area contributed by atoms with Crippen molar-refractivity contribution in [3.8, 4) is 11.3 Å². The van der Waals surface area contributed by atoms with Gasteiger partial charge in [-0.3, -0.25) is 0 Å². The van der Waals surface area contributed by atoms with E-state index in [1.54, 1.807) is 12.5 Å². The molecule has 0 unspecified atom stereocenters. The molecule has 0 fully saturated rings. The van der Waals surface area contributed by atoms with Crippen LogP contribution in [-0.4, -0.2) is 15.0 Å². The molecule has 0 aliphatic carbocycles. The van der Waals surface area contributed by atoms with E-state index in [0.717, 1.165) is 22.4 Å². The monoisotopic (exact) mass is 185 g/mol. The van der Waals surface area contributed by atoms with Crippen molar-refractivity contribution in [3.05, 3.63) is 37.1 Å². The predicted octanol–water partition coefficient (Wildman–Crippen LogP) is 2.22. The van der Waals surface area contributed by atoms with Crippen molar-refractivity contribution in [1.29, 1.82) is 0 Å². The van der Waals surface area contributed by atoms with Crippen LogP contribution >= 0.6 is 0 Å². The summed E-state index contributed by atoms with van der Waals surface area (Å²) in [5.41, 5.74) is 3.68. The molecule has 0 aliphatic heterocycles. The van der Waals surface area contributed by atoms with Crippen molar-refractivity contribution in [3.63, 3.8) is 0 Å². The van der Waals surface area contributed by atoms with Gasteiger partial charge in [-0.1, -0.05) is 6.07 Å². The summed E-state index contributed by atoms with van der Waals surface area (Å²) in [7, 11) is 0. The van der Waals surface area contributed by atoms with Gasteiger partial charge < -0.3 is 9.40 Å². The summed E-state index contributed by atoms with van der Waals surface area (Å²) < 4.78 is 5.21. The maximum absolute atomic E-state index is 5.21. The molecule has 14 heavy (non-hydrogen) atoms. The van der Waals surface area contributed by atoms with Gasteiger partial charge in [0.05, 0.1) is 18.2 Å². The van der Waals surface area contributed by atoms with Crippen LogP contribution in [0, 0.1) is 0 Å². The third-order valence-electron chi connectivity index (χ3n) is 2.14. The van der Waals surface area contributed by atoms with Crippen LogP contribution in [0.4, 0.5) is 0 Å². The van der Waals surface area contributed by atoms with Crippen LogP contribution in [0.15, 0.2) is 41.5 Å². The Morgan fingerprint density at radius 1 is 1.29 bits per heavy atom. The molecule has 1 N–H and O–H groups in total. The second-order valence-corrected chi connectivity index (χ2v) is 3.00. The zero-order valence-corrected chi connectivity index (χ0v) is 7.27. The number of nitrogens with zero attached hydrogens (tertiary/aromatic N) is 2. The van der Waals surface area contributed by atoms with Crippen molar-refractivity contribution in [2.75, 3.05) is 0 Å². The first-order valence-corrected chi connectivity index (χ1v) is 4.25. The van der Waals surface area contributed by atoms with E-state index >= 15 is 0 Å². The molecule has 3 aromatic rings. The van der Waals surface area contributed by atoms with Gasteiger partial charge in [-0.15, -0.1) is 0 Å². The maximum atomic E-state index is 5.21. The van der Waals surface area contributed by atoms with Crippen molar-refractivity contribution >= 4 is 11.1 Å². The zero-order valence-electron chi connectivity index (χ0n) is 7.27. The lowest BCUT2D eigenvalue weighted by Crippen LogP contribution is -1.76. The molecule has 0 spiro atoms. The molecule has 4 heteroatoms. The molecule has 0 atom stereocenters. The Bertz CT molecular complexity index is 554. The highest BCUT2D eigenvalue weighted by Gasteiger charge is 2.02. The van der Waals surface area contributed by atoms with Crippen molar-refractivity contribution in [1.82, 2.24) is 15.0 Å². The van der Waals surface area contributed by atoms with E-state index in [1.165, 1.54) is 6.39 Å². The molecule has 0 aliphatic rings. The molecule has 2 aromatic heterocycles. The van der Waals surface area contributed by atoms with Gasteiger partial charge >= 0.3 is 0 Å². The summed E-state index contributed by atoms with van der Waals surface area (Å²) in [5, 5.41) is 0. The van der Waals surface area contributed by atoms with Gasteiger partial charge in [0.15, 0.2) is 12.0 Å². The topological polar surface area (TPSA) is 54.7 Å². The van der Waals surface area contributed by atoms with Crippen molar-refractivity contribution < 1.29 is 4.42 Å². The van der Waals surface area contributed by atoms with Gasteiger partial charge in [-0.2, -0.15) is 0 Å². The number of oxazole rings is 1. The van der Waals surface area contributed by atoms with E-state index in [9.17, 15) is 0 Å². The third-order valence-corrected chi connectivity index (χ3v) is 2.14. The van der Waals surface area contributed by atoms with Gasteiger partial charge in [-0.05, 0) is 12.1 Å². The first-order chi connectivity index (χ1) is 6.93. The van der Waals surface area contributed by atoms with Crippen molar-refractivity contribution in [2.24, 2.45) is 0 Å². The lowest BCUT2D eigenvalue weighted by Gasteiger charge is -1.95. The molecule has 0 saturated heterocycles. The van der Waals surface area contributed by atoms with E-state index in [4.69, 9.17) is 4.42 Å². The van der Waals surface area contributed by atoms with E-state index < -0.39 is 0 Å². The van der Waals surface area contributed by atoms with Gasteiger partial charge in [-0.25, -0.2) is 9.97 Å². The maximum Gasteiger partial charge on any atom is 0.181 e. The minimum atomic E-state index is 0.789. The molecule has 3 rings (SSSR count). The summed E-state index contributed by atoms with van der Waals surface area (Å²) in [6.45, 7) is 0. The van der Waals surface area contributed by atoms with Gasteiger partial charge in [0.2, 0.25) is 0 Å². The van der Waals surface area contributed by atoms with Crippen LogP contribution in [0.5, 0.6) is 0 Å². The van der Waals surface area contributed by atoms with Crippen LogP contribution in [0.1, 0.15) is 0 Å². The summed E-state index contributed by atoms with van der Waals surface area (Å²) in [5.74, 6) is 0. The number of benzene rings is 1. The molecule has 0 amide bonds. The SMILES string of the molecule is c1ncc(-c2ccc3ncoc3c2)[nH]1. The fourth-order valence-electron chi connectivity index (χ4n) is 1.44. The highest BCUT2D eigenvalue weighted by Crippen LogP contribution is 2.21. The van der Waals surface area contributed by atoms with Crippen LogP contribution in [-0.2, 0) is 0 Å². The van der Waals surface area contributed by atoms with Crippen LogP contribution < -0.4 is 0 Å². The quantitative estimate of drug-likeness (QED) is 0.632. The first kappa shape index (κ1) is 7.32. The number of aromatic nitrogens is 3. The average molecular weight is 185 g/mol. The fourth-order valence-corrected chi connectivity index (χ4v) is 1.44. The Morgan fingerprint density at radius 2 is 2.29 bits per heavy atom. The average Bonchev–Trinajstić information content (AvgIpc) is 2.88. The molecule has 2 heterocycles. The molecular formula is C10H7N3O. The lowest BCUT2D eigenvalue weighted by atomic mass is 10.1. The van der Waals surface area contributed by atoms with E-state index in [-0.39, 0.29) is 0 Å². The number of fused-ring (bicyclic) bond motifs is 1. The third kappa shape index (κ3) is 1.01. The summed E-state index contributed by atoms with van der Waals surface area (Å²) >= 11 is 0. The molecular weight excluding hydrogens is 178 g/mol. The standard InChI is InChI=1S/C10H7N3O/c1-2-8-10(14-6-13-8)3-7(1)9-4-11-5-12-9/h1-6H,(H,11,12). The Labute approximate surface area is 79.6 Å². The Balaban J connectivity index is 2.23. The lowest BCUT2D eigenvalue weighted by molar-refractivity contribution is 0.602. The van der Waals surface area contributed by atoms with E-state index in [1.807, 2.05) is 18.2 Å². The minimum Gasteiger partial charge on any atom is -0.443 e. The summed E-state index contributed by atoms with van der Waals surface area (Å²) in [6, 6.07) is 5.85. The van der Waals surface area contributed by atoms with Crippen molar-refractivity contribution in [2.45, 2.75) is 0 Å². The molecule has 0 saturated carbocycles. The highest BCUT2D eigenvalue weighted by molar-refractivity contribution is 5.78. The largest absolute Gasteiger partial charge is 0.443 e. The minimum absolute atomic E-state index is 0.789. The summed E-state index contributed by atoms with van der Waals surface area (Å²) in [6.07, 6.45) is 4.87. The number of nitrogens with one attached hydrogen (secondary N) is 1. The van der Waals surface area contributed by atoms with Crippen LogP contribution in [0.25, 0.3) is 22.4 Å². The number of rotatable bonds is 1. The molecule has 1 aromatic carbocycles. The van der Waals surface area contributed by atoms with Crippen LogP contribution in [0.2, 0.25) is 0 Å². The van der Waals surface area contributed by atoms with Gasteiger partial charge in [0.25, 0.3) is 0 Å². The predicted molar refractivity (Wildman–Crippen MR) is 51.6 cm³/mol. The number of imidazole rings is 1. The van der Waals surface area contributed by atoms with Gasteiger partial charge in [0.1, 0.15) is 5.52 Å². The second-order valence-electron chi connectivity index (χ2n) is 3.00. The molecule has 68 valence electrons. The summed E-state index contributed by atoms with van der Waals surface area (Å²) in [4.78, 5) is 11.1. The highest BCUT2D eigenvalue weighted by atomic mass is 16.3. The molecule has 0 radical (unpaired) electrons. The molecule has 0 bridgehead atoms. The Morgan fingerprint density at radius 3 is 3.14 bits per heavy atom. The Kier molecular flexibility index (Phi) is 1.41. The fraction of sp³-hybridized carbons (Fsp3) is 0.